The normalized spacial score (nSPS) is 18.9. The zero-order chi connectivity index (χ0) is 20.5. The molecule has 0 unspecified atom stereocenters. The molecule has 1 saturated heterocycles. The third kappa shape index (κ3) is 3.47. The zero-order valence-corrected chi connectivity index (χ0v) is 16.9. The molecule has 7 nitrogen and oxygen atoms in total. The first kappa shape index (κ1) is 19.1. The highest BCUT2D eigenvalue weighted by Gasteiger charge is 2.42. The minimum atomic E-state index is -0.379. The van der Waals surface area contributed by atoms with E-state index in [1.54, 1.807) is 18.3 Å². The molecule has 0 amide bonds. The Labute approximate surface area is 174 Å². The number of thiocarbonyl (C=S) groups is 1. The van der Waals surface area contributed by atoms with Crippen molar-refractivity contribution in [3.63, 3.8) is 0 Å². The third-order valence-corrected chi connectivity index (χ3v) is 5.42. The molecule has 1 N–H and O–H groups in total. The van der Waals surface area contributed by atoms with Crippen LogP contribution in [0, 0.1) is 10.1 Å². The van der Waals surface area contributed by atoms with E-state index in [4.69, 9.17) is 12.2 Å². The van der Waals surface area contributed by atoms with Crippen molar-refractivity contribution in [2.24, 2.45) is 0 Å². The molecule has 2 aromatic heterocycles. The minimum Gasteiger partial charge on any atom is -0.352 e. The molecule has 1 aromatic carbocycles. The van der Waals surface area contributed by atoms with Gasteiger partial charge in [-0.1, -0.05) is 12.1 Å². The summed E-state index contributed by atoms with van der Waals surface area (Å²) in [6, 6.07) is 16.4. The van der Waals surface area contributed by atoms with Gasteiger partial charge in [-0.15, -0.1) is 0 Å². The molecule has 8 heteroatoms. The van der Waals surface area contributed by atoms with Crippen molar-refractivity contribution in [1.29, 1.82) is 0 Å². The molecular weight excluding hydrogens is 386 g/mol. The molecule has 29 heavy (non-hydrogen) atoms. The Balaban J connectivity index is 1.83. The molecule has 0 radical (unpaired) electrons. The quantitative estimate of drug-likeness (QED) is 0.389. The monoisotopic (exact) mass is 407 g/mol. The Morgan fingerprint density at radius 3 is 2.69 bits per heavy atom. The Morgan fingerprint density at radius 1 is 1.17 bits per heavy atom. The molecule has 0 spiro atoms. The van der Waals surface area contributed by atoms with Crippen molar-refractivity contribution in [2.75, 3.05) is 0 Å². The lowest BCUT2D eigenvalue weighted by molar-refractivity contribution is -0.384. The van der Waals surface area contributed by atoms with Crippen molar-refractivity contribution >= 4 is 23.0 Å². The Kier molecular flexibility index (Phi) is 5.02. The minimum absolute atomic E-state index is 0.0595. The van der Waals surface area contributed by atoms with Crippen LogP contribution in [0.4, 0.5) is 5.69 Å². The van der Waals surface area contributed by atoms with Gasteiger partial charge in [0, 0.05) is 36.3 Å². The van der Waals surface area contributed by atoms with Crippen LogP contribution in [0.15, 0.2) is 67.0 Å². The van der Waals surface area contributed by atoms with Crippen LogP contribution in [-0.4, -0.2) is 30.5 Å². The van der Waals surface area contributed by atoms with E-state index in [0.717, 1.165) is 17.1 Å². The van der Waals surface area contributed by atoms with Gasteiger partial charge in [0.25, 0.3) is 5.69 Å². The number of benzene rings is 1. The van der Waals surface area contributed by atoms with Gasteiger partial charge in [0.05, 0.1) is 28.4 Å². The number of nitrogens with one attached hydrogen (secondary N) is 1. The molecular formula is C21H21N5O2S. The lowest BCUT2D eigenvalue weighted by Gasteiger charge is -2.31. The van der Waals surface area contributed by atoms with Gasteiger partial charge in [-0.05, 0) is 56.4 Å². The van der Waals surface area contributed by atoms with Crippen LogP contribution in [0.2, 0.25) is 0 Å². The van der Waals surface area contributed by atoms with Crippen LogP contribution < -0.4 is 5.32 Å². The molecule has 148 valence electrons. The molecule has 1 aliphatic rings. The van der Waals surface area contributed by atoms with Crippen molar-refractivity contribution in [2.45, 2.75) is 32.0 Å². The zero-order valence-electron chi connectivity index (χ0n) is 16.1. The summed E-state index contributed by atoms with van der Waals surface area (Å²) in [5.74, 6) is 0. The fraction of sp³-hybridized carbons (Fsp3) is 0.238. The summed E-state index contributed by atoms with van der Waals surface area (Å²) in [5.41, 5.74) is 2.68. The summed E-state index contributed by atoms with van der Waals surface area (Å²) >= 11 is 5.65. The average molecular weight is 407 g/mol. The highest BCUT2D eigenvalue weighted by Crippen LogP contribution is 2.40. The van der Waals surface area contributed by atoms with E-state index >= 15 is 0 Å². The predicted molar refractivity (Wildman–Crippen MR) is 115 cm³/mol. The van der Waals surface area contributed by atoms with Gasteiger partial charge in [-0.3, -0.25) is 15.1 Å². The van der Waals surface area contributed by atoms with Gasteiger partial charge in [-0.25, -0.2) is 0 Å². The van der Waals surface area contributed by atoms with Crippen molar-refractivity contribution in [3.05, 3.63) is 88.5 Å². The number of nitrogens with zero attached hydrogens (tertiary/aromatic N) is 4. The first-order valence-corrected chi connectivity index (χ1v) is 9.80. The van der Waals surface area contributed by atoms with E-state index in [1.165, 1.54) is 6.07 Å². The fourth-order valence-electron chi connectivity index (χ4n) is 3.86. The van der Waals surface area contributed by atoms with Crippen LogP contribution >= 0.6 is 12.2 Å². The highest BCUT2D eigenvalue weighted by molar-refractivity contribution is 7.80. The number of hydrogen-bond acceptors (Lipinski definition) is 4. The predicted octanol–water partition coefficient (Wildman–Crippen LogP) is 4.16. The van der Waals surface area contributed by atoms with E-state index in [2.05, 4.69) is 29.0 Å². The Hall–Kier alpha value is -3.26. The standard InChI is InChI=1S/C21H21N5O2S/c1-14(2)25-20(19(23-21(25)29)17-9-3-4-11-22-17)18-10-6-12-24(18)15-7-5-8-16(13-15)26(27)28/h3-14,19-20H,1-2H3,(H,23,29)/t19-,20-/m0/s1. The van der Waals surface area contributed by atoms with Gasteiger partial charge >= 0.3 is 0 Å². The summed E-state index contributed by atoms with van der Waals surface area (Å²) in [4.78, 5) is 17.6. The second-order valence-corrected chi connectivity index (χ2v) is 7.59. The lowest BCUT2D eigenvalue weighted by atomic mass is 10.0. The SMILES string of the molecule is CC(C)N1C(=S)N[C@@H](c2ccccn2)[C@@H]1c1cccn1-c1cccc([N+](=O)[O-])c1. The van der Waals surface area contributed by atoms with Crippen LogP contribution in [0.25, 0.3) is 5.69 Å². The summed E-state index contributed by atoms with van der Waals surface area (Å²) < 4.78 is 1.98. The molecule has 4 rings (SSSR count). The van der Waals surface area contributed by atoms with E-state index in [9.17, 15) is 10.1 Å². The van der Waals surface area contributed by atoms with Crippen LogP contribution in [0.5, 0.6) is 0 Å². The molecule has 3 heterocycles. The number of non-ortho nitro benzene ring substituents is 1. The topological polar surface area (TPSA) is 76.2 Å². The third-order valence-electron chi connectivity index (χ3n) is 5.09. The van der Waals surface area contributed by atoms with E-state index < -0.39 is 0 Å². The second kappa shape index (κ2) is 7.63. The lowest BCUT2D eigenvalue weighted by Crippen LogP contribution is -2.36. The maximum absolute atomic E-state index is 11.2. The van der Waals surface area contributed by atoms with Crippen LogP contribution in [-0.2, 0) is 0 Å². The molecule has 3 aromatic rings. The Bertz CT molecular complexity index is 1050. The average Bonchev–Trinajstić information content (AvgIpc) is 3.32. The molecule has 0 saturated carbocycles. The second-order valence-electron chi connectivity index (χ2n) is 7.21. The summed E-state index contributed by atoms with van der Waals surface area (Å²) in [6.07, 6.45) is 3.69. The van der Waals surface area contributed by atoms with Crippen molar-refractivity contribution < 1.29 is 4.92 Å². The number of hydrogen-bond donors (Lipinski definition) is 1. The summed E-state index contributed by atoms with van der Waals surface area (Å²) in [7, 11) is 0. The molecule has 1 fully saturated rings. The largest absolute Gasteiger partial charge is 0.352 e. The van der Waals surface area contributed by atoms with Gasteiger partial charge in [0.15, 0.2) is 5.11 Å². The van der Waals surface area contributed by atoms with Gasteiger partial charge < -0.3 is 14.8 Å². The number of nitro benzene ring substituents is 1. The van der Waals surface area contributed by atoms with Crippen molar-refractivity contribution in [1.82, 2.24) is 19.8 Å². The maximum Gasteiger partial charge on any atom is 0.271 e. The van der Waals surface area contributed by atoms with E-state index in [0.29, 0.717) is 5.11 Å². The number of nitro groups is 1. The number of rotatable bonds is 5. The smallest absolute Gasteiger partial charge is 0.271 e. The highest BCUT2D eigenvalue weighted by atomic mass is 32.1. The maximum atomic E-state index is 11.2. The van der Waals surface area contributed by atoms with Gasteiger partial charge in [-0.2, -0.15) is 0 Å². The number of pyridine rings is 1. The molecule has 0 bridgehead atoms. The van der Waals surface area contributed by atoms with E-state index in [1.807, 2.05) is 47.2 Å². The van der Waals surface area contributed by atoms with Crippen LogP contribution in [0.3, 0.4) is 0 Å². The first-order valence-electron chi connectivity index (χ1n) is 9.39. The van der Waals surface area contributed by atoms with Gasteiger partial charge in [0.2, 0.25) is 0 Å². The number of aromatic nitrogens is 2. The Morgan fingerprint density at radius 2 is 2.00 bits per heavy atom. The van der Waals surface area contributed by atoms with Gasteiger partial charge in [0.1, 0.15) is 0 Å². The summed E-state index contributed by atoms with van der Waals surface area (Å²) in [6.45, 7) is 4.20. The van der Waals surface area contributed by atoms with Crippen molar-refractivity contribution in [3.8, 4) is 5.69 Å². The summed E-state index contributed by atoms with van der Waals surface area (Å²) in [5, 5.41) is 15.3. The molecule has 1 aliphatic heterocycles. The van der Waals surface area contributed by atoms with E-state index in [-0.39, 0.29) is 28.7 Å². The molecule has 0 aliphatic carbocycles. The van der Waals surface area contributed by atoms with Crippen LogP contribution in [0.1, 0.15) is 37.3 Å². The fourth-order valence-corrected chi connectivity index (χ4v) is 4.32. The molecule has 2 atom stereocenters. The first-order chi connectivity index (χ1) is 14.0.